The Kier molecular flexibility index (Phi) is 2.52. The maximum Gasteiger partial charge on any atom is 0.227 e. The van der Waals surface area contributed by atoms with Gasteiger partial charge in [0, 0.05) is 17.8 Å². The molecule has 0 radical (unpaired) electrons. The Balaban J connectivity index is 1.90. The van der Waals surface area contributed by atoms with Gasteiger partial charge in [-0.1, -0.05) is 12.1 Å². The predicted octanol–water partition coefficient (Wildman–Crippen LogP) is 4.16. The number of oxazole rings is 1. The molecular weight excluding hydrogens is 248 g/mol. The van der Waals surface area contributed by atoms with E-state index >= 15 is 0 Å². The summed E-state index contributed by atoms with van der Waals surface area (Å²) in [5.74, 6) is 0.728. The van der Waals surface area contributed by atoms with Crippen LogP contribution in [-0.4, -0.2) is 11.5 Å². The number of nitrogens with zero attached hydrogens (tertiary/aromatic N) is 1. The van der Waals surface area contributed by atoms with Crippen LogP contribution >= 0.6 is 0 Å². The first-order valence-corrected chi connectivity index (χ1v) is 7.04. The Labute approximate surface area is 117 Å². The average Bonchev–Trinajstić information content (AvgIpc) is 2.89. The summed E-state index contributed by atoms with van der Waals surface area (Å²) in [5, 5.41) is 3.45. The maximum atomic E-state index is 5.96. The first-order chi connectivity index (χ1) is 9.81. The van der Waals surface area contributed by atoms with Crippen molar-refractivity contribution >= 4 is 16.8 Å². The molecule has 3 nitrogen and oxygen atoms in total. The summed E-state index contributed by atoms with van der Waals surface area (Å²) in [5.41, 5.74) is 6.63. The number of benzene rings is 2. The fourth-order valence-corrected chi connectivity index (χ4v) is 2.86. The summed E-state index contributed by atoms with van der Waals surface area (Å²) in [6.45, 7) is 3.11. The zero-order chi connectivity index (χ0) is 13.5. The SMILES string of the molecule is Cc1ccc2nc(-c3cccc4c3CCCN4)oc2c1. The van der Waals surface area contributed by atoms with Gasteiger partial charge in [0.1, 0.15) is 5.52 Å². The van der Waals surface area contributed by atoms with Gasteiger partial charge in [0.15, 0.2) is 5.58 Å². The third-order valence-electron chi connectivity index (χ3n) is 3.87. The topological polar surface area (TPSA) is 38.1 Å². The molecule has 4 rings (SSSR count). The smallest absolute Gasteiger partial charge is 0.227 e. The van der Waals surface area contributed by atoms with Gasteiger partial charge in [-0.3, -0.25) is 0 Å². The van der Waals surface area contributed by atoms with Gasteiger partial charge >= 0.3 is 0 Å². The highest BCUT2D eigenvalue weighted by Gasteiger charge is 2.17. The molecule has 0 spiro atoms. The number of aryl methyl sites for hydroxylation is 1. The molecule has 2 aromatic carbocycles. The third-order valence-corrected chi connectivity index (χ3v) is 3.87. The van der Waals surface area contributed by atoms with Crippen LogP contribution in [-0.2, 0) is 6.42 Å². The molecular formula is C17H16N2O. The van der Waals surface area contributed by atoms with Crippen LogP contribution in [0.1, 0.15) is 17.5 Å². The molecule has 0 unspecified atom stereocenters. The largest absolute Gasteiger partial charge is 0.436 e. The molecule has 0 aliphatic carbocycles. The van der Waals surface area contributed by atoms with Gasteiger partial charge in [0.25, 0.3) is 0 Å². The van der Waals surface area contributed by atoms with E-state index in [1.54, 1.807) is 0 Å². The number of anilines is 1. The molecule has 20 heavy (non-hydrogen) atoms. The first kappa shape index (κ1) is 11.5. The Bertz CT molecular complexity index is 789. The fourth-order valence-electron chi connectivity index (χ4n) is 2.86. The summed E-state index contributed by atoms with van der Waals surface area (Å²) < 4.78 is 5.96. The van der Waals surface area contributed by atoms with E-state index in [0.29, 0.717) is 0 Å². The van der Waals surface area contributed by atoms with Crippen molar-refractivity contribution in [3.63, 3.8) is 0 Å². The van der Waals surface area contributed by atoms with Crippen LogP contribution in [0.3, 0.4) is 0 Å². The zero-order valence-electron chi connectivity index (χ0n) is 11.4. The van der Waals surface area contributed by atoms with E-state index in [-0.39, 0.29) is 0 Å². The number of nitrogens with one attached hydrogen (secondary N) is 1. The van der Waals surface area contributed by atoms with E-state index in [0.717, 1.165) is 41.9 Å². The molecule has 1 N–H and O–H groups in total. The van der Waals surface area contributed by atoms with Crippen molar-refractivity contribution in [2.45, 2.75) is 19.8 Å². The standard InChI is InChI=1S/C17H16N2O/c1-11-7-8-15-16(10-11)20-17(19-15)13-4-2-6-14-12(13)5-3-9-18-14/h2,4,6-8,10,18H,3,5,9H2,1H3. The average molecular weight is 264 g/mol. The van der Waals surface area contributed by atoms with E-state index in [2.05, 4.69) is 41.5 Å². The van der Waals surface area contributed by atoms with Gasteiger partial charge < -0.3 is 9.73 Å². The Morgan fingerprint density at radius 2 is 2.15 bits per heavy atom. The lowest BCUT2D eigenvalue weighted by atomic mass is 9.97. The quantitative estimate of drug-likeness (QED) is 0.717. The second-order valence-electron chi connectivity index (χ2n) is 5.35. The van der Waals surface area contributed by atoms with Crippen molar-refractivity contribution in [2.75, 3.05) is 11.9 Å². The van der Waals surface area contributed by atoms with Gasteiger partial charge in [-0.2, -0.15) is 0 Å². The van der Waals surface area contributed by atoms with Crippen LogP contribution in [0.15, 0.2) is 40.8 Å². The molecule has 2 heterocycles. The lowest BCUT2D eigenvalue weighted by Gasteiger charge is -2.19. The van der Waals surface area contributed by atoms with Crippen molar-refractivity contribution in [1.29, 1.82) is 0 Å². The molecule has 0 amide bonds. The van der Waals surface area contributed by atoms with E-state index in [9.17, 15) is 0 Å². The first-order valence-electron chi connectivity index (χ1n) is 7.04. The van der Waals surface area contributed by atoms with Crippen LogP contribution in [0.2, 0.25) is 0 Å². The molecule has 0 atom stereocenters. The van der Waals surface area contributed by atoms with Gasteiger partial charge in [-0.05, 0) is 55.2 Å². The van der Waals surface area contributed by atoms with Crippen molar-refractivity contribution < 1.29 is 4.42 Å². The van der Waals surface area contributed by atoms with Crippen molar-refractivity contribution in [1.82, 2.24) is 4.98 Å². The van der Waals surface area contributed by atoms with E-state index in [4.69, 9.17) is 4.42 Å². The summed E-state index contributed by atoms with van der Waals surface area (Å²) in [6, 6.07) is 12.4. The van der Waals surface area contributed by atoms with Crippen molar-refractivity contribution in [3.8, 4) is 11.5 Å². The third kappa shape index (κ3) is 1.78. The number of aromatic nitrogens is 1. The van der Waals surface area contributed by atoms with Crippen LogP contribution < -0.4 is 5.32 Å². The fraction of sp³-hybridized carbons (Fsp3) is 0.235. The van der Waals surface area contributed by atoms with Gasteiger partial charge in [0.2, 0.25) is 5.89 Å². The molecule has 3 heteroatoms. The second-order valence-corrected chi connectivity index (χ2v) is 5.35. The highest BCUT2D eigenvalue weighted by atomic mass is 16.3. The molecule has 0 fully saturated rings. The lowest BCUT2D eigenvalue weighted by Crippen LogP contribution is -2.12. The number of hydrogen-bond donors (Lipinski definition) is 1. The van der Waals surface area contributed by atoms with Crippen LogP contribution in [0, 0.1) is 6.92 Å². The molecule has 1 aliphatic heterocycles. The highest BCUT2D eigenvalue weighted by molar-refractivity contribution is 5.79. The monoisotopic (exact) mass is 264 g/mol. The molecule has 100 valence electrons. The molecule has 3 aromatic rings. The normalized spacial score (nSPS) is 14.1. The minimum atomic E-state index is 0.728. The Hall–Kier alpha value is -2.29. The van der Waals surface area contributed by atoms with Crippen LogP contribution in [0.5, 0.6) is 0 Å². The second kappa shape index (κ2) is 4.37. The van der Waals surface area contributed by atoms with Crippen molar-refractivity contribution in [3.05, 3.63) is 47.5 Å². The van der Waals surface area contributed by atoms with Crippen molar-refractivity contribution in [2.24, 2.45) is 0 Å². The summed E-state index contributed by atoms with van der Waals surface area (Å²) in [6.07, 6.45) is 2.24. The molecule has 0 bridgehead atoms. The van der Waals surface area contributed by atoms with Crippen LogP contribution in [0.4, 0.5) is 5.69 Å². The number of fused-ring (bicyclic) bond motifs is 2. The molecule has 1 aliphatic rings. The molecule has 0 saturated heterocycles. The Morgan fingerprint density at radius 1 is 1.20 bits per heavy atom. The highest BCUT2D eigenvalue weighted by Crippen LogP contribution is 2.33. The minimum absolute atomic E-state index is 0.728. The van der Waals surface area contributed by atoms with Gasteiger partial charge in [-0.15, -0.1) is 0 Å². The molecule has 1 aromatic heterocycles. The number of hydrogen-bond acceptors (Lipinski definition) is 3. The van der Waals surface area contributed by atoms with Gasteiger partial charge in [0.05, 0.1) is 0 Å². The van der Waals surface area contributed by atoms with E-state index < -0.39 is 0 Å². The van der Waals surface area contributed by atoms with E-state index in [1.165, 1.54) is 16.8 Å². The van der Waals surface area contributed by atoms with Gasteiger partial charge in [-0.25, -0.2) is 4.98 Å². The predicted molar refractivity (Wildman–Crippen MR) is 81.0 cm³/mol. The maximum absolute atomic E-state index is 5.96. The molecule has 0 saturated carbocycles. The minimum Gasteiger partial charge on any atom is -0.436 e. The lowest BCUT2D eigenvalue weighted by molar-refractivity contribution is 0.618. The summed E-state index contributed by atoms with van der Waals surface area (Å²) in [7, 11) is 0. The summed E-state index contributed by atoms with van der Waals surface area (Å²) >= 11 is 0. The number of rotatable bonds is 1. The zero-order valence-corrected chi connectivity index (χ0v) is 11.4. The van der Waals surface area contributed by atoms with Crippen LogP contribution in [0.25, 0.3) is 22.6 Å². The Morgan fingerprint density at radius 3 is 3.10 bits per heavy atom. The van der Waals surface area contributed by atoms with E-state index in [1.807, 2.05) is 12.1 Å². The summed E-state index contributed by atoms with van der Waals surface area (Å²) in [4.78, 5) is 4.64.